The first-order valence-corrected chi connectivity index (χ1v) is 7.73. The van der Waals surface area contributed by atoms with Crippen LogP contribution in [0.5, 0.6) is 0 Å². The van der Waals surface area contributed by atoms with Gasteiger partial charge < -0.3 is 0 Å². The average molecular weight is 238 g/mol. The molecule has 0 aliphatic heterocycles. The summed E-state index contributed by atoms with van der Waals surface area (Å²) in [5.74, 6) is 3.01. The van der Waals surface area contributed by atoms with Gasteiger partial charge in [0.15, 0.2) is 0 Å². The zero-order chi connectivity index (χ0) is 11.4. The largest absolute Gasteiger partial charge is 0.296 e. The predicted octanol–water partition coefficient (Wildman–Crippen LogP) is 2.94. The molecule has 2 rings (SSSR count). The highest BCUT2D eigenvalue weighted by atomic mass is 32.2. The maximum atomic E-state index is 9.50. The Morgan fingerprint density at radius 1 is 1.44 bits per heavy atom. The second-order valence-electron chi connectivity index (χ2n) is 5.08. The molecule has 1 N–H and O–H groups in total. The van der Waals surface area contributed by atoms with Crippen molar-refractivity contribution in [1.82, 2.24) is 5.32 Å². The van der Waals surface area contributed by atoms with Crippen LogP contribution in [-0.4, -0.2) is 23.1 Å². The Morgan fingerprint density at radius 2 is 2.25 bits per heavy atom. The molecule has 0 spiro atoms. The van der Waals surface area contributed by atoms with Crippen molar-refractivity contribution in [3.63, 3.8) is 0 Å². The summed E-state index contributed by atoms with van der Waals surface area (Å²) < 4.78 is 0. The van der Waals surface area contributed by atoms with Crippen LogP contribution in [0.4, 0.5) is 0 Å². The van der Waals surface area contributed by atoms with Gasteiger partial charge in [-0.15, -0.1) is 0 Å². The number of hydrogen-bond acceptors (Lipinski definition) is 3. The number of nitriles is 1. The highest BCUT2D eigenvalue weighted by Gasteiger charge is 2.45. The lowest BCUT2D eigenvalue weighted by Crippen LogP contribution is -2.48. The molecule has 2 atom stereocenters. The van der Waals surface area contributed by atoms with Gasteiger partial charge in [0.05, 0.1) is 6.07 Å². The van der Waals surface area contributed by atoms with Crippen LogP contribution in [0, 0.1) is 17.2 Å². The van der Waals surface area contributed by atoms with E-state index in [9.17, 15) is 5.26 Å². The molecule has 3 heteroatoms. The van der Waals surface area contributed by atoms with Crippen LogP contribution in [0.2, 0.25) is 0 Å². The first-order valence-electron chi connectivity index (χ1n) is 6.57. The van der Waals surface area contributed by atoms with Gasteiger partial charge in [-0.05, 0) is 49.5 Å². The van der Waals surface area contributed by atoms with E-state index in [1.165, 1.54) is 43.6 Å². The normalized spacial score (nSPS) is 33.9. The van der Waals surface area contributed by atoms with Gasteiger partial charge in [0.2, 0.25) is 0 Å². The van der Waals surface area contributed by atoms with E-state index >= 15 is 0 Å². The number of hydrogen-bond donors (Lipinski definition) is 1. The molecule has 2 saturated carbocycles. The number of nitrogens with one attached hydrogen (secondary N) is 1. The molecule has 90 valence electrons. The molecule has 2 aliphatic carbocycles. The number of thioether (sulfide) groups is 1. The van der Waals surface area contributed by atoms with Crippen LogP contribution < -0.4 is 5.32 Å². The standard InChI is InChI=1S/C13H22N2S/c1-2-16-9-7-11-4-3-8-13(11,10-14)15-12-5-6-12/h11-12,15H,2-9H2,1H3. The minimum atomic E-state index is -0.171. The molecule has 2 unspecified atom stereocenters. The molecule has 2 fully saturated rings. The molecule has 2 nitrogen and oxygen atoms in total. The van der Waals surface area contributed by atoms with Crippen molar-refractivity contribution in [3.8, 4) is 6.07 Å². The van der Waals surface area contributed by atoms with E-state index in [1.54, 1.807) is 0 Å². The Morgan fingerprint density at radius 3 is 2.88 bits per heavy atom. The molecule has 0 aromatic heterocycles. The molecule has 0 aromatic rings. The lowest BCUT2D eigenvalue weighted by Gasteiger charge is -2.30. The van der Waals surface area contributed by atoms with Crippen LogP contribution in [0.25, 0.3) is 0 Å². The molecule has 0 amide bonds. The Labute approximate surface area is 103 Å². The van der Waals surface area contributed by atoms with Gasteiger partial charge in [-0.1, -0.05) is 13.3 Å². The van der Waals surface area contributed by atoms with E-state index in [2.05, 4.69) is 18.3 Å². The zero-order valence-electron chi connectivity index (χ0n) is 10.2. The summed E-state index contributed by atoms with van der Waals surface area (Å²) >= 11 is 2.00. The number of rotatable bonds is 6. The molecule has 0 aromatic carbocycles. The quantitative estimate of drug-likeness (QED) is 0.723. The maximum Gasteiger partial charge on any atom is 0.109 e. The third-order valence-corrected chi connectivity index (χ3v) is 4.81. The summed E-state index contributed by atoms with van der Waals surface area (Å²) in [6.07, 6.45) is 7.32. The van der Waals surface area contributed by atoms with Gasteiger partial charge in [-0.2, -0.15) is 17.0 Å². The maximum absolute atomic E-state index is 9.50. The van der Waals surface area contributed by atoms with E-state index in [0.717, 1.165) is 6.42 Å². The second kappa shape index (κ2) is 5.42. The van der Waals surface area contributed by atoms with E-state index in [1.807, 2.05) is 11.8 Å². The zero-order valence-corrected chi connectivity index (χ0v) is 11.0. The highest BCUT2D eigenvalue weighted by Crippen LogP contribution is 2.40. The summed E-state index contributed by atoms with van der Waals surface area (Å²) in [6, 6.07) is 3.26. The minimum Gasteiger partial charge on any atom is -0.296 e. The van der Waals surface area contributed by atoms with Gasteiger partial charge in [0, 0.05) is 6.04 Å². The Kier molecular flexibility index (Phi) is 4.16. The summed E-state index contributed by atoms with van der Waals surface area (Å²) in [6.45, 7) is 2.21. The van der Waals surface area contributed by atoms with Gasteiger partial charge >= 0.3 is 0 Å². The smallest absolute Gasteiger partial charge is 0.109 e. The van der Waals surface area contributed by atoms with E-state index in [4.69, 9.17) is 0 Å². The van der Waals surface area contributed by atoms with Crippen molar-refractivity contribution in [3.05, 3.63) is 0 Å². The van der Waals surface area contributed by atoms with Crippen molar-refractivity contribution in [2.45, 2.75) is 57.0 Å². The average Bonchev–Trinajstić information content (AvgIpc) is 3.01. The Hall–Kier alpha value is -0.200. The fourth-order valence-electron chi connectivity index (χ4n) is 2.80. The lowest BCUT2D eigenvalue weighted by molar-refractivity contribution is 0.308. The Bertz CT molecular complexity index is 270. The number of nitrogens with zero attached hydrogens (tertiary/aromatic N) is 1. The van der Waals surface area contributed by atoms with Crippen LogP contribution >= 0.6 is 11.8 Å². The topological polar surface area (TPSA) is 35.8 Å². The molecule has 16 heavy (non-hydrogen) atoms. The molecule has 0 bridgehead atoms. The second-order valence-corrected chi connectivity index (χ2v) is 6.47. The van der Waals surface area contributed by atoms with Crippen molar-refractivity contribution >= 4 is 11.8 Å². The van der Waals surface area contributed by atoms with Crippen LogP contribution in [0.3, 0.4) is 0 Å². The van der Waals surface area contributed by atoms with Gasteiger partial charge in [0.1, 0.15) is 5.54 Å². The van der Waals surface area contributed by atoms with Crippen molar-refractivity contribution < 1.29 is 0 Å². The monoisotopic (exact) mass is 238 g/mol. The molecular formula is C13H22N2S. The van der Waals surface area contributed by atoms with Crippen molar-refractivity contribution in [2.24, 2.45) is 5.92 Å². The first-order chi connectivity index (χ1) is 7.80. The molecule has 0 radical (unpaired) electrons. The van der Waals surface area contributed by atoms with E-state index < -0.39 is 0 Å². The minimum absolute atomic E-state index is 0.171. The SMILES string of the molecule is CCSCCC1CCCC1(C#N)NC1CC1. The lowest BCUT2D eigenvalue weighted by atomic mass is 9.86. The van der Waals surface area contributed by atoms with E-state index in [-0.39, 0.29) is 5.54 Å². The summed E-state index contributed by atoms with van der Waals surface area (Å²) in [5.41, 5.74) is -0.171. The van der Waals surface area contributed by atoms with Gasteiger partial charge in [-0.25, -0.2) is 0 Å². The first kappa shape index (κ1) is 12.3. The van der Waals surface area contributed by atoms with E-state index in [0.29, 0.717) is 12.0 Å². The molecular weight excluding hydrogens is 216 g/mol. The molecule has 0 heterocycles. The van der Waals surface area contributed by atoms with Gasteiger partial charge in [0.25, 0.3) is 0 Å². The summed E-state index contributed by atoms with van der Waals surface area (Å²) in [7, 11) is 0. The summed E-state index contributed by atoms with van der Waals surface area (Å²) in [4.78, 5) is 0. The van der Waals surface area contributed by atoms with Crippen LogP contribution in [-0.2, 0) is 0 Å². The molecule has 2 aliphatic rings. The fraction of sp³-hybridized carbons (Fsp3) is 0.923. The Balaban J connectivity index is 1.90. The highest BCUT2D eigenvalue weighted by molar-refractivity contribution is 7.99. The van der Waals surface area contributed by atoms with Crippen molar-refractivity contribution in [1.29, 1.82) is 5.26 Å². The summed E-state index contributed by atoms with van der Waals surface area (Å²) in [5, 5.41) is 13.1. The van der Waals surface area contributed by atoms with Gasteiger partial charge in [-0.3, -0.25) is 5.32 Å². The van der Waals surface area contributed by atoms with Crippen molar-refractivity contribution in [2.75, 3.05) is 11.5 Å². The third-order valence-electron chi connectivity index (χ3n) is 3.87. The van der Waals surface area contributed by atoms with Crippen LogP contribution in [0.1, 0.15) is 45.4 Å². The fourth-order valence-corrected chi connectivity index (χ4v) is 3.54. The van der Waals surface area contributed by atoms with Crippen LogP contribution in [0.15, 0.2) is 0 Å². The third kappa shape index (κ3) is 2.73. The predicted molar refractivity (Wildman–Crippen MR) is 69.5 cm³/mol. The molecule has 0 saturated heterocycles.